The van der Waals surface area contributed by atoms with Crippen LogP contribution in [0, 0.1) is 0 Å². The SMILES string of the molecule is Nc1cc(C(F)(F)F)ccc1NC(=O)c1ccc(NC(=O)C/C=C/c2cccnc2)cc1. The number of carbonyl (C=O) groups excluding carboxylic acids is 2. The monoisotopic (exact) mass is 440 g/mol. The first-order valence-corrected chi connectivity index (χ1v) is 9.47. The Morgan fingerprint density at radius 1 is 1.03 bits per heavy atom. The molecule has 0 spiro atoms. The van der Waals surface area contributed by atoms with Gasteiger partial charge in [0.25, 0.3) is 5.91 Å². The molecule has 0 aliphatic carbocycles. The molecular weight excluding hydrogens is 421 g/mol. The van der Waals surface area contributed by atoms with E-state index in [1.165, 1.54) is 12.1 Å². The average Bonchev–Trinajstić information content (AvgIpc) is 2.75. The number of nitrogen functional groups attached to an aromatic ring is 1. The molecule has 9 heteroatoms. The number of rotatable bonds is 6. The van der Waals surface area contributed by atoms with Crippen molar-refractivity contribution in [2.75, 3.05) is 16.4 Å². The van der Waals surface area contributed by atoms with E-state index >= 15 is 0 Å². The van der Waals surface area contributed by atoms with E-state index in [1.807, 2.05) is 6.07 Å². The van der Waals surface area contributed by atoms with Gasteiger partial charge in [-0.25, -0.2) is 0 Å². The van der Waals surface area contributed by atoms with Crippen molar-refractivity contribution in [3.63, 3.8) is 0 Å². The van der Waals surface area contributed by atoms with Crippen LogP contribution in [0.4, 0.5) is 30.2 Å². The maximum absolute atomic E-state index is 12.7. The Morgan fingerprint density at radius 3 is 2.41 bits per heavy atom. The summed E-state index contributed by atoms with van der Waals surface area (Å²) in [5.41, 5.74) is 6.23. The van der Waals surface area contributed by atoms with Gasteiger partial charge < -0.3 is 16.4 Å². The molecule has 1 heterocycles. The van der Waals surface area contributed by atoms with Crippen molar-refractivity contribution in [2.24, 2.45) is 0 Å². The number of benzene rings is 2. The highest BCUT2D eigenvalue weighted by molar-refractivity contribution is 6.06. The lowest BCUT2D eigenvalue weighted by molar-refractivity contribution is -0.137. The van der Waals surface area contributed by atoms with Gasteiger partial charge in [-0.15, -0.1) is 0 Å². The highest BCUT2D eigenvalue weighted by atomic mass is 19.4. The minimum Gasteiger partial charge on any atom is -0.397 e. The highest BCUT2D eigenvalue weighted by Crippen LogP contribution is 2.33. The number of alkyl halides is 3. The van der Waals surface area contributed by atoms with Gasteiger partial charge in [-0.3, -0.25) is 14.6 Å². The fourth-order valence-corrected chi connectivity index (χ4v) is 2.74. The molecule has 2 amide bonds. The molecule has 0 atom stereocenters. The third kappa shape index (κ3) is 6.18. The summed E-state index contributed by atoms with van der Waals surface area (Å²) in [5.74, 6) is -0.784. The van der Waals surface area contributed by atoms with E-state index in [4.69, 9.17) is 5.73 Å². The lowest BCUT2D eigenvalue weighted by Gasteiger charge is -2.12. The summed E-state index contributed by atoms with van der Waals surface area (Å²) < 4.78 is 38.2. The van der Waals surface area contributed by atoms with E-state index in [-0.39, 0.29) is 29.3 Å². The Balaban J connectivity index is 1.56. The first-order chi connectivity index (χ1) is 15.2. The Labute approximate surface area is 182 Å². The number of hydrogen-bond donors (Lipinski definition) is 3. The molecule has 0 aliphatic heterocycles. The number of anilines is 3. The van der Waals surface area contributed by atoms with Gasteiger partial charge in [-0.2, -0.15) is 13.2 Å². The summed E-state index contributed by atoms with van der Waals surface area (Å²) >= 11 is 0. The zero-order valence-corrected chi connectivity index (χ0v) is 16.7. The van der Waals surface area contributed by atoms with E-state index in [9.17, 15) is 22.8 Å². The van der Waals surface area contributed by atoms with Gasteiger partial charge in [0.05, 0.1) is 16.9 Å². The first-order valence-electron chi connectivity index (χ1n) is 9.47. The minimum absolute atomic E-state index is 0.0702. The van der Waals surface area contributed by atoms with Gasteiger partial charge >= 0.3 is 6.18 Å². The Kier molecular flexibility index (Phi) is 6.89. The van der Waals surface area contributed by atoms with Crippen molar-refractivity contribution in [3.05, 3.63) is 89.8 Å². The van der Waals surface area contributed by atoms with Gasteiger partial charge in [0, 0.05) is 30.1 Å². The number of nitrogens with zero attached hydrogens (tertiary/aromatic N) is 1. The number of halogens is 3. The molecule has 3 rings (SSSR count). The first kappa shape index (κ1) is 22.5. The van der Waals surface area contributed by atoms with E-state index < -0.39 is 17.6 Å². The van der Waals surface area contributed by atoms with E-state index in [2.05, 4.69) is 15.6 Å². The topological polar surface area (TPSA) is 97.1 Å². The number of aromatic nitrogens is 1. The summed E-state index contributed by atoms with van der Waals surface area (Å²) in [6, 6.07) is 12.4. The molecule has 0 saturated heterocycles. The molecule has 0 radical (unpaired) electrons. The van der Waals surface area contributed by atoms with Gasteiger partial charge in [0.15, 0.2) is 0 Å². The smallest absolute Gasteiger partial charge is 0.397 e. The third-order valence-corrected chi connectivity index (χ3v) is 4.36. The predicted molar refractivity (Wildman–Crippen MR) is 117 cm³/mol. The summed E-state index contributed by atoms with van der Waals surface area (Å²) in [5, 5.41) is 5.19. The van der Waals surface area contributed by atoms with Gasteiger partial charge in [0.1, 0.15) is 0 Å². The van der Waals surface area contributed by atoms with Gasteiger partial charge in [-0.1, -0.05) is 18.2 Å². The third-order valence-electron chi connectivity index (χ3n) is 4.36. The van der Waals surface area contributed by atoms with Crippen LogP contribution in [0.5, 0.6) is 0 Å². The molecule has 32 heavy (non-hydrogen) atoms. The second kappa shape index (κ2) is 9.78. The fourth-order valence-electron chi connectivity index (χ4n) is 2.74. The summed E-state index contributed by atoms with van der Waals surface area (Å²) in [6.07, 6.45) is 2.47. The number of pyridine rings is 1. The van der Waals surface area contributed by atoms with Crippen molar-refractivity contribution in [2.45, 2.75) is 12.6 Å². The molecule has 3 aromatic rings. The molecule has 4 N–H and O–H groups in total. The van der Waals surface area contributed by atoms with Crippen LogP contribution in [-0.2, 0) is 11.0 Å². The van der Waals surface area contributed by atoms with Gasteiger partial charge in [0.2, 0.25) is 5.91 Å². The predicted octanol–water partition coefficient (Wildman–Crippen LogP) is 4.98. The zero-order chi connectivity index (χ0) is 23.1. The van der Waals surface area contributed by atoms with Crippen LogP contribution in [0.25, 0.3) is 6.08 Å². The van der Waals surface area contributed by atoms with Crippen LogP contribution in [0.2, 0.25) is 0 Å². The quantitative estimate of drug-likeness (QED) is 0.471. The van der Waals surface area contributed by atoms with E-state index in [1.54, 1.807) is 42.7 Å². The molecule has 164 valence electrons. The molecule has 0 aliphatic rings. The van der Waals surface area contributed by atoms with Crippen LogP contribution in [0.3, 0.4) is 0 Å². The van der Waals surface area contributed by atoms with Crippen molar-refractivity contribution in [3.8, 4) is 0 Å². The molecule has 0 fully saturated rings. The van der Waals surface area contributed by atoms with Crippen LogP contribution in [0.1, 0.15) is 27.9 Å². The lowest BCUT2D eigenvalue weighted by atomic mass is 10.1. The fraction of sp³-hybridized carbons (Fsp3) is 0.0870. The largest absolute Gasteiger partial charge is 0.416 e. The van der Waals surface area contributed by atoms with Crippen LogP contribution >= 0.6 is 0 Å². The minimum atomic E-state index is -4.52. The van der Waals surface area contributed by atoms with E-state index in [0.29, 0.717) is 5.69 Å². The standard InChI is InChI=1S/C23H19F3N4O2/c24-23(25,26)17-8-11-20(19(27)13-17)30-22(32)16-6-9-18(10-7-16)29-21(31)5-1-3-15-4-2-12-28-14-15/h1-4,6-14H,5,27H2,(H,29,31)(H,30,32)/b3-1+. The molecule has 6 nitrogen and oxygen atoms in total. The summed E-state index contributed by atoms with van der Waals surface area (Å²) in [7, 11) is 0. The van der Waals surface area contributed by atoms with Crippen molar-refractivity contribution in [1.29, 1.82) is 0 Å². The normalized spacial score (nSPS) is 11.3. The van der Waals surface area contributed by atoms with Gasteiger partial charge in [-0.05, 0) is 54.1 Å². The zero-order valence-electron chi connectivity index (χ0n) is 16.7. The second-order valence-corrected chi connectivity index (χ2v) is 6.77. The van der Waals surface area contributed by atoms with Crippen LogP contribution < -0.4 is 16.4 Å². The Morgan fingerprint density at radius 2 is 1.78 bits per heavy atom. The van der Waals surface area contributed by atoms with Crippen molar-refractivity contribution >= 4 is 35.0 Å². The Bertz CT molecular complexity index is 1130. The number of nitrogens with two attached hydrogens (primary N) is 1. The number of nitrogens with one attached hydrogen (secondary N) is 2. The number of amides is 2. The van der Waals surface area contributed by atoms with Crippen LogP contribution in [-0.4, -0.2) is 16.8 Å². The summed E-state index contributed by atoms with van der Waals surface area (Å²) in [6.45, 7) is 0. The lowest BCUT2D eigenvalue weighted by Crippen LogP contribution is -2.15. The average molecular weight is 440 g/mol. The van der Waals surface area contributed by atoms with E-state index in [0.717, 1.165) is 23.8 Å². The maximum atomic E-state index is 12.7. The molecule has 0 bridgehead atoms. The summed E-state index contributed by atoms with van der Waals surface area (Å²) in [4.78, 5) is 28.4. The van der Waals surface area contributed by atoms with Crippen LogP contribution in [0.15, 0.2) is 73.1 Å². The molecule has 0 saturated carbocycles. The Hall–Kier alpha value is -4.14. The van der Waals surface area contributed by atoms with Crippen molar-refractivity contribution in [1.82, 2.24) is 4.98 Å². The molecule has 0 unspecified atom stereocenters. The molecule has 2 aromatic carbocycles. The number of carbonyl (C=O) groups is 2. The maximum Gasteiger partial charge on any atom is 0.416 e. The molecule has 1 aromatic heterocycles. The van der Waals surface area contributed by atoms with Crippen molar-refractivity contribution < 1.29 is 22.8 Å². The molecular formula is C23H19F3N4O2. The number of hydrogen-bond acceptors (Lipinski definition) is 4. The highest BCUT2D eigenvalue weighted by Gasteiger charge is 2.30. The second-order valence-electron chi connectivity index (χ2n) is 6.77.